The van der Waals surface area contributed by atoms with Crippen molar-refractivity contribution in [2.75, 3.05) is 19.0 Å². The molecule has 1 amide bonds. The molecule has 0 aliphatic carbocycles. The van der Waals surface area contributed by atoms with E-state index in [-0.39, 0.29) is 5.56 Å². The topological polar surface area (TPSA) is 97.6 Å². The molecule has 0 spiro atoms. The molecule has 2 rings (SSSR count). The second kappa shape index (κ2) is 8.87. The molecule has 0 saturated heterocycles. The number of benzene rings is 1. The second-order valence-electron chi connectivity index (χ2n) is 5.11. The molecule has 7 nitrogen and oxygen atoms in total. The number of esters is 1. The van der Waals surface area contributed by atoms with Gasteiger partial charge in [-0.3, -0.25) is 4.79 Å². The Balaban J connectivity index is 2.04. The fourth-order valence-electron chi connectivity index (χ4n) is 2.06. The Morgan fingerprint density at radius 1 is 1.31 bits per heavy atom. The van der Waals surface area contributed by atoms with Crippen LogP contribution in [0.1, 0.15) is 29.8 Å². The number of thiophene rings is 1. The molecule has 0 saturated carbocycles. The lowest BCUT2D eigenvalue weighted by Gasteiger charge is -2.14. The summed E-state index contributed by atoms with van der Waals surface area (Å²) in [5.74, 6) is -0.273. The third-order valence-electron chi connectivity index (χ3n) is 3.37. The van der Waals surface area contributed by atoms with Crippen LogP contribution in [0, 0.1) is 11.3 Å². The number of amides is 1. The number of carbonyl (C=O) groups is 2. The second-order valence-corrected chi connectivity index (χ2v) is 6.03. The van der Waals surface area contributed by atoms with Crippen LogP contribution in [0.5, 0.6) is 11.5 Å². The lowest BCUT2D eigenvalue weighted by molar-refractivity contribution is -0.123. The number of hydrogen-bond donors (Lipinski definition) is 1. The fourth-order valence-corrected chi connectivity index (χ4v) is 2.80. The average molecular weight is 374 g/mol. The van der Waals surface area contributed by atoms with E-state index in [1.807, 2.05) is 13.0 Å². The van der Waals surface area contributed by atoms with E-state index >= 15 is 0 Å². The molecule has 1 N–H and O–H groups in total. The lowest BCUT2D eigenvalue weighted by atomic mass is 10.2. The van der Waals surface area contributed by atoms with Crippen molar-refractivity contribution in [1.82, 2.24) is 0 Å². The molecule has 1 atom stereocenters. The third-order valence-corrected chi connectivity index (χ3v) is 4.20. The Morgan fingerprint density at radius 3 is 2.73 bits per heavy atom. The highest BCUT2D eigenvalue weighted by molar-refractivity contribution is 7.14. The zero-order valence-electron chi connectivity index (χ0n) is 14.6. The number of ether oxygens (including phenoxy) is 3. The molecule has 0 radical (unpaired) electrons. The predicted molar refractivity (Wildman–Crippen MR) is 96.7 cm³/mol. The van der Waals surface area contributed by atoms with E-state index in [2.05, 4.69) is 5.32 Å². The van der Waals surface area contributed by atoms with Gasteiger partial charge in [0.05, 0.1) is 24.8 Å². The maximum atomic E-state index is 12.3. The van der Waals surface area contributed by atoms with Crippen molar-refractivity contribution in [1.29, 1.82) is 5.26 Å². The first-order valence-corrected chi connectivity index (χ1v) is 8.68. The average Bonchev–Trinajstić information content (AvgIpc) is 3.09. The number of rotatable bonds is 7. The van der Waals surface area contributed by atoms with Crippen LogP contribution in [0.2, 0.25) is 0 Å². The van der Waals surface area contributed by atoms with Crippen molar-refractivity contribution < 1.29 is 23.8 Å². The van der Waals surface area contributed by atoms with Crippen LogP contribution in [0.4, 0.5) is 5.00 Å². The van der Waals surface area contributed by atoms with Gasteiger partial charge >= 0.3 is 5.97 Å². The number of hydrogen-bond acceptors (Lipinski definition) is 7. The summed E-state index contributed by atoms with van der Waals surface area (Å²) < 4.78 is 15.8. The molecular weight excluding hydrogens is 356 g/mol. The molecule has 136 valence electrons. The first kappa shape index (κ1) is 19.3. The number of anilines is 1. The van der Waals surface area contributed by atoms with Crippen molar-refractivity contribution in [2.24, 2.45) is 0 Å². The molecule has 0 bridgehead atoms. The van der Waals surface area contributed by atoms with Crippen LogP contribution in [0.3, 0.4) is 0 Å². The largest absolute Gasteiger partial charge is 0.493 e. The molecule has 0 fully saturated rings. The van der Waals surface area contributed by atoms with Crippen LogP contribution in [-0.4, -0.2) is 31.7 Å². The van der Waals surface area contributed by atoms with E-state index in [1.165, 1.54) is 37.5 Å². The van der Waals surface area contributed by atoms with Gasteiger partial charge in [-0.05, 0) is 43.5 Å². The summed E-state index contributed by atoms with van der Waals surface area (Å²) in [4.78, 5) is 24.4. The van der Waals surface area contributed by atoms with Gasteiger partial charge in [-0.15, -0.1) is 11.3 Å². The molecule has 0 aliphatic rings. The van der Waals surface area contributed by atoms with Crippen LogP contribution in [0.25, 0.3) is 0 Å². The fraction of sp³-hybridized carbons (Fsp3) is 0.278. The van der Waals surface area contributed by atoms with Crippen molar-refractivity contribution in [2.45, 2.75) is 20.0 Å². The van der Waals surface area contributed by atoms with Gasteiger partial charge in [0.1, 0.15) is 11.1 Å². The van der Waals surface area contributed by atoms with E-state index in [9.17, 15) is 9.59 Å². The lowest BCUT2D eigenvalue weighted by Crippen LogP contribution is -2.29. The highest BCUT2D eigenvalue weighted by Gasteiger charge is 2.21. The Morgan fingerprint density at radius 2 is 2.08 bits per heavy atom. The van der Waals surface area contributed by atoms with E-state index in [0.717, 1.165) is 0 Å². The van der Waals surface area contributed by atoms with Gasteiger partial charge in [0.15, 0.2) is 17.6 Å². The SMILES string of the molecule is CCOc1ccc(C(=O)O[C@H](C)C(=O)Nc2sccc2C#N)cc1OC. The number of nitrogens with zero attached hydrogens (tertiary/aromatic N) is 1. The Bertz CT molecular complexity index is 840. The molecular formula is C18H18N2O5S. The number of methoxy groups -OCH3 is 1. The van der Waals surface area contributed by atoms with Crippen molar-refractivity contribution in [3.8, 4) is 17.6 Å². The summed E-state index contributed by atoms with van der Waals surface area (Å²) in [5.41, 5.74) is 0.594. The van der Waals surface area contributed by atoms with E-state index in [1.54, 1.807) is 17.5 Å². The Kier molecular flexibility index (Phi) is 6.58. The summed E-state index contributed by atoms with van der Waals surface area (Å²) in [6.07, 6.45) is -1.03. The minimum absolute atomic E-state index is 0.235. The van der Waals surface area contributed by atoms with Gasteiger partial charge in [-0.25, -0.2) is 4.79 Å². The minimum Gasteiger partial charge on any atom is -0.493 e. The maximum absolute atomic E-state index is 12.3. The summed E-state index contributed by atoms with van der Waals surface area (Å²) in [6, 6.07) is 8.21. The predicted octanol–water partition coefficient (Wildman–Crippen LogP) is 3.21. The monoisotopic (exact) mass is 374 g/mol. The zero-order valence-corrected chi connectivity index (χ0v) is 15.4. The van der Waals surface area contributed by atoms with E-state index < -0.39 is 18.0 Å². The van der Waals surface area contributed by atoms with Crippen LogP contribution in [0.15, 0.2) is 29.6 Å². The maximum Gasteiger partial charge on any atom is 0.339 e. The summed E-state index contributed by atoms with van der Waals surface area (Å²) in [6.45, 7) is 3.76. The zero-order chi connectivity index (χ0) is 19.1. The summed E-state index contributed by atoms with van der Waals surface area (Å²) >= 11 is 1.22. The quantitative estimate of drug-likeness (QED) is 0.748. The molecule has 1 aromatic carbocycles. The summed E-state index contributed by atoms with van der Waals surface area (Å²) in [5, 5.41) is 13.7. The van der Waals surface area contributed by atoms with Gasteiger partial charge in [0, 0.05) is 0 Å². The molecule has 26 heavy (non-hydrogen) atoms. The molecule has 0 unspecified atom stereocenters. The number of carbonyl (C=O) groups excluding carboxylic acids is 2. The van der Waals surface area contributed by atoms with Crippen molar-refractivity contribution in [3.05, 3.63) is 40.8 Å². The smallest absolute Gasteiger partial charge is 0.339 e. The number of nitriles is 1. The normalized spacial score (nSPS) is 11.2. The van der Waals surface area contributed by atoms with Gasteiger partial charge < -0.3 is 19.5 Å². The number of nitrogens with one attached hydrogen (secondary N) is 1. The molecule has 1 aromatic heterocycles. The van der Waals surface area contributed by atoms with E-state index in [0.29, 0.717) is 28.7 Å². The van der Waals surface area contributed by atoms with Crippen LogP contribution < -0.4 is 14.8 Å². The van der Waals surface area contributed by atoms with Crippen molar-refractivity contribution >= 4 is 28.2 Å². The molecule has 0 aliphatic heterocycles. The Labute approximate surface area is 155 Å². The Hall–Kier alpha value is -3.05. The van der Waals surface area contributed by atoms with Crippen LogP contribution >= 0.6 is 11.3 Å². The highest BCUT2D eigenvalue weighted by atomic mass is 32.1. The van der Waals surface area contributed by atoms with Gasteiger partial charge in [0.2, 0.25) is 0 Å². The third kappa shape index (κ3) is 4.52. The minimum atomic E-state index is -1.03. The molecule has 1 heterocycles. The van der Waals surface area contributed by atoms with E-state index in [4.69, 9.17) is 19.5 Å². The van der Waals surface area contributed by atoms with Gasteiger partial charge in [-0.2, -0.15) is 5.26 Å². The molecule has 8 heteroatoms. The first-order valence-electron chi connectivity index (χ1n) is 7.80. The first-order chi connectivity index (χ1) is 12.5. The van der Waals surface area contributed by atoms with Gasteiger partial charge in [-0.1, -0.05) is 0 Å². The molecule has 2 aromatic rings. The van der Waals surface area contributed by atoms with Gasteiger partial charge in [0.25, 0.3) is 5.91 Å². The standard InChI is InChI=1S/C18H18N2O5S/c1-4-24-14-6-5-12(9-15(14)23-3)18(22)25-11(2)16(21)20-17-13(10-19)7-8-26-17/h5-9,11H,4H2,1-3H3,(H,20,21)/t11-/m1/s1. The van der Waals surface area contributed by atoms with Crippen LogP contribution in [-0.2, 0) is 9.53 Å². The van der Waals surface area contributed by atoms with Crippen molar-refractivity contribution in [3.63, 3.8) is 0 Å². The summed E-state index contributed by atoms with van der Waals surface area (Å²) in [7, 11) is 1.47. The highest BCUT2D eigenvalue weighted by Crippen LogP contribution is 2.28.